The molecule has 0 saturated carbocycles. The van der Waals surface area contributed by atoms with E-state index in [2.05, 4.69) is 79.5 Å². The van der Waals surface area contributed by atoms with Crippen LogP contribution in [0.4, 0.5) is 17.8 Å². The fourth-order valence-corrected chi connectivity index (χ4v) is 7.96. The van der Waals surface area contributed by atoms with Gasteiger partial charge in [-0.15, -0.1) is 10.2 Å². The Morgan fingerprint density at radius 3 is 1.58 bits per heavy atom. The number of benzene rings is 2. The van der Waals surface area contributed by atoms with Crippen molar-refractivity contribution in [3.05, 3.63) is 96.4 Å². The van der Waals surface area contributed by atoms with Gasteiger partial charge in [0.15, 0.2) is 11.5 Å². The van der Waals surface area contributed by atoms with Gasteiger partial charge in [-0.25, -0.2) is 8.42 Å². The van der Waals surface area contributed by atoms with Crippen LogP contribution in [-0.4, -0.2) is 166 Å². The Morgan fingerprint density at radius 2 is 1.11 bits per heavy atom. The maximum atomic E-state index is 11.4. The first-order valence-corrected chi connectivity index (χ1v) is 25.5. The first-order chi connectivity index (χ1) is 35.1. The quantitative estimate of drug-likeness (QED) is 0.0846. The van der Waals surface area contributed by atoms with E-state index in [1.807, 2.05) is 24.3 Å². The number of hydrogen-bond acceptors (Lipinski definition) is 22. The van der Waals surface area contributed by atoms with Crippen molar-refractivity contribution in [2.45, 2.75) is 30.8 Å². The molecular formula is C47H60N16O8S. The summed E-state index contributed by atoms with van der Waals surface area (Å²) in [6, 6.07) is 23.3. The molecule has 10 rings (SSSR count). The molecule has 7 N–H and O–H groups in total. The third-order valence-corrected chi connectivity index (χ3v) is 12.1. The molecule has 0 bridgehead atoms. The van der Waals surface area contributed by atoms with Crippen LogP contribution in [0.3, 0.4) is 0 Å². The van der Waals surface area contributed by atoms with E-state index >= 15 is 0 Å². The second-order valence-corrected chi connectivity index (χ2v) is 18.5. The maximum Gasteiger partial charge on any atom is 0.259 e. The topological polar surface area (TPSA) is 306 Å². The van der Waals surface area contributed by atoms with Crippen LogP contribution in [0.2, 0.25) is 0 Å². The molecule has 2 fully saturated rings. The van der Waals surface area contributed by atoms with Crippen molar-refractivity contribution >= 4 is 39.2 Å². The molecular weight excluding hydrogens is 949 g/mol. The molecule has 0 atom stereocenters. The normalized spacial score (nSPS) is 14.4. The predicted molar refractivity (Wildman–Crippen MR) is 267 cm³/mol. The summed E-state index contributed by atoms with van der Waals surface area (Å²) in [6.45, 7) is 12.5. The number of nitrogen functional groups attached to an aromatic ring is 2. The molecule has 8 aromatic rings. The third-order valence-electron chi connectivity index (χ3n) is 11.2. The van der Waals surface area contributed by atoms with Crippen molar-refractivity contribution in [1.82, 2.24) is 58.9 Å². The summed E-state index contributed by atoms with van der Waals surface area (Å²) in [5, 5.41) is 11.2. The van der Waals surface area contributed by atoms with E-state index in [0.717, 1.165) is 120 Å². The Labute approximate surface area is 415 Å². The molecule has 2 saturated heterocycles. The van der Waals surface area contributed by atoms with Gasteiger partial charge < -0.3 is 50.3 Å². The monoisotopic (exact) mass is 1010 g/mol. The Bertz CT molecular complexity index is 3000. The fourth-order valence-electron chi connectivity index (χ4n) is 7.45. The lowest BCUT2D eigenvalue weighted by molar-refractivity contribution is 0.0357. The minimum absolute atomic E-state index is 0.0410. The summed E-state index contributed by atoms with van der Waals surface area (Å²) < 4.78 is 58.2. The van der Waals surface area contributed by atoms with Gasteiger partial charge in [0.25, 0.3) is 16.7 Å². The average Bonchev–Trinajstić information content (AvgIpc) is 4.25. The van der Waals surface area contributed by atoms with E-state index in [0.29, 0.717) is 48.8 Å². The van der Waals surface area contributed by atoms with Crippen LogP contribution in [0.1, 0.15) is 24.0 Å². The summed E-state index contributed by atoms with van der Waals surface area (Å²) in [5.41, 5.74) is 19.6. The number of ether oxygens (including phenoxy) is 4. The molecule has 0 amide bonds. The molecule has 2 aliphatic heterocycles. The minimum atomic E-state index is -3.57. The van der Waals surface area contributed by atoms with Crippen molar-refractivity contribution in [2.75, 3.05) is 115 Å². The molecule has 8 heterocycles. The minimum Gasteiger partial charge on any atom is -0.494 e. The zero-order chi connectivity index (χ0) is 50.1. The number of nitrogens with zero attached hydrogens (tertiary/aromatic N) is 12. The van der Waals surface area contributed by atoms with Gasteiger partial charge in [-0.1, -0.05) is 24.3 Å². The number of furan rings is 2. The Kier molecular flexibility index (Phi) is 17.9. The van der Waals surface area contributed by atoms with Crippen LogP contribution in [0, 0.1) is 0 Å². The maximum absolute atomic E-state index is 11.4. The Hall–Kier alpha value is -7.29. The number of nitrogens with two attached hydrogens (primary N) is 3. The lowest BCUT2D eigenvalue weighted by atomic mass is 10.1. The van der Waals surface area contributed by atoms with Gasteiger partial charge in [-0.3, -0.25) is 9.80 Å². The van der Waals surface area contributed by atoms with E-state index in [1.165, 1.54) is 21.9 Å². The van der Waals surface area contributed by atoms with Crippen LogP contribution in [0.5, 0.6) is 11.5 Å². The van der Waals surface area contributed by atoms with Gasteiger partial charge in [0, 0.05) is 52.1 Å². The molecule has 2 aromatic carbocycles. The molecule has 382 valence electrons. The Balaban J connectivity index is 0.000000156. The lowest BCUT2D eigenvalue weighted by Gasteiger charge is -2.26. The number of fused-ring (bicyclic) bond motifs is 2. The highest BCUT2D eigenvalue weighted by Crippen LogP contribution is 2.20. The number of hydrogen-bond donors (Lipinski definition) is 4. The number of nitrogens with one attached hydrogen (secondary N) is 1. The zero-order valence-electron chi connectivity index (χ0n) is 40.1. The van der Waals surface area contributed by atoms with Gasteiger partial charge in [-0.05, 0) is 91.9 Å². The molecule has 25 heteroatoms. The van der Waals surface area contributed by atoms with E-state index in [4.69, 9.17) is 45.0 Å². The lowest BCUT2D eigenvalue weighted by Crippen LogP contribution is -2.37. The standard InChI is InChI=1S/C23H28N8O3.C15H24N2O2.C9H8N6O3S/c24-21-27-22(28-23-26-20(29-31(21)23)19-3-1-13-34-19)25-9-8-17-4-6-18(7-5-17)33-14-2-10-30-11-15-32-16-12-30;16-7-6-14-2-4-15(5-3-14)19-11-1-8-17-9-12-18-13-10-17;1-19(16,17)9-12-7(10)15-8(13-9)11-6(14-15)5-3-2-4-18-5/h1,3-7,13H,2,8-12,14-16H2,(H3,24,25,26,27,28,29);2-5H,1,6-13,16H2;2-4H,1H3,(H2,10,11,12,13,14). The summed E-state index contributed by atoms with van der Waals surface area (Å²) in [5.74, 6) is 4.35. The van der Waals surface area contributed by atoms with Gasteiger partial charge in [0.2, 0.25) is 39.3 Å². The molecule has 72 heavy (non-hydrogen) atoms. The summed E-state index contributed by atoms with van der Waals surface area (Å²) in [4.78, 5) is 29.4. The third kappa shape index (κ3) is 14.6. The average molecular weight is 1010 g/mol. The van der Waals surface area contributed by atoms with Crippen molar-refractivity contribution in [3.63, 3.8) is 0 Å². The van der Waals surface area contributed by atoms with Gasteiger partial charge in [0.1, 0.15) is 11.5 Å². The van der Waals surface area contributed by atoms with E-state index in [1.54, 1.807) is 30.5 Å². The van der Waals surface area contributed by atoms with Crippen molar-refractivity contribution in [2.24, 2.45) is 5.73 Å². The number of aromatic nitrogens is 10. The van der Waals surface area contributed by atoms with E-state index < -0.39 is 15.0 Å². The first-order valence-electron chi connectivity index (χ1n) is 23.6. The second-order valence-electron chi connectivity index (χ2n) is 16.6. The largest absolute Gasteiger partial charge is 0.494 e. The first kappa shape index (κ1) is 51.1. The zero-order valence-corrected chi connectivity index (χ0v) is 40.9. The highest BCUT2D eigenvalue weighted by molar-refractivity contribution is 7.90. The second kappa shape index (κ2) is 25.2. The fraction of sp³-hybridized carbons (Fsp3) is 0.404. The molecule has 6 aromatic heterocycles. The molecule has 0 unspecified atom stereocenters. The molecule has 24 nitrogen and oxygen atoms in total. The molecule has 0 radical (unpaired) electrons. The summed E-state index contributed by atoms with van der Waals surface area (Å²) >= 11 is 0. The highest BCUT2D eigenvalue weighted by Gasteiger charge is 2.19. The number of morpholine rings is 2. The molecule has 0 aliphatic carbocycles. The highest BCUT2D eigenvalue weighted by atomic mass is 32.2. The van der Waals surface area contributed by atoms with Crippen LogP contribution < -0.4 is 32.0 Å². The molecule has 0 spiro atoms. The van der Waals surface area contributed by atoms with Crippen molar-refractivity contribution in [3.8, 4) is 34.7 Å². The van der Waals surface area contributed by atoms with Crippen molar-refractivity contribution < 1.29 is 36.2 Å². The van der Waals surface area contributed by atoms with Crippen LogP contribution >= 0.6 is 0 Å². The number of anilines is 3. The van der Waals surface area contributed by atoms with E-state index in [-0.39, 0.29) is 23.5 Å². The van der Waals surface area contributed by atoms with Crippen molar-refractivity contribution in [1.29, 1.82) is 0 Å². The SMILES string of the molecule is CS(=O)(=O)c1nc(N)n2nc(-c3ccco3)nc2n1.NCCc1ccc(OCCCN2CCOCC2)cc1.Nc1nc(NCCc2ccc(OCCCN3CCOCC3)cc2)nc2nc(-c3ccco3)nn12. The van der Waals surface area contributed by atoms with Crippen LogP contribution in [0.25, 0.3) is 34.7 Å². The van der Waals surface area contributed by atoms with Gasteiger partial charge in [0.05, 0.1) is 52.2 Å². The summed E-state index contributed by atoms with van der Waals surface area (Å²) in [7, 11) is -3.57. The van der Waals surface area contributed by atoms with E-state index in [9.17, 15) is 8.42 Å². The van der Waals surface area contributed by atoms with Gasteiger partial charge in [-0.2, -0.15) is 38.9 Å². The predicted octanol–water partition coefficient (Wildman–Crippen LogP) is 3.17. The Morgan fingerprint density at radius 1 is 0.625 bits per heavy atom. The van der Waals surface area contributed by atoms with Crippen LogP contribution in [-0.2, 0) is 32.2 Å². The smallest absolute Gasteiger partial charge is 0.259 e. The van der Waals surface area contributed by atoms with Gasteiger partial charge >= 0.3 is 0 Å². The number of rotatable bonds is 19. The molecule has 2 aliphatic rings. The number of sulfone groups is 1. The van der Waals surface area contributed by atoms with Crippen LogP contribution in [0.15, 0.2) is 99.3 Å². The summed E-state index contributed by atoms with van der Waals surface area (Å²) in [6.07, 6.45) is 7.82.